The van der Waals surface area contributed by atoms with Crippen LogP contribution in [0.4, 0.5) is 0 Å². The number of aromatic nitrogens is 2. The van der Waals surface area contributed by atoms with Gasteiger partial charge in [-0.1, -0.05) is 13.0 Å². The molecule has 1 aromatic heterocycles. The molecule has 21 heavy (non-hydrogen) atoms. The number of likely N-dealkylation sites (N-methyl/N-ethyl adjacent to an activating group) is 1. The lowest BCUT2D eigenvalue weighted by Gasteiger charge is -2.21. The predicted molar refractivity (Wildman–Crippen MR) is 84.0 cm³/mol. The van der Waals surface area contributed by atoms with Gasteiger partial charge in [0, 0.05) is 19.0 Å². The number of imidazole rings is 1. The van der Waals surface area contributed by atoms with Crippen molar-refractivity contribution < 1.29 is 9.90 Å². The van der Waals surface area contributed by atoms with Crippen molar-refractivity contribution in [1.82, 2.24) is 14.5 Å². The van der Waals surface area contributed by atoms with E-state index in [2.05, 4.69) is 28.3 Å². The molecule has 0 amide bonds. The monoisotopic (exact) mass is 289 g/mol. The van der Waals surface area contributed by atoms with Crippen LogP contribution in [0.5, 0.6) is 0 Å². The second-order valence-corrected chi connectivity index (χ2v) is 5.74. The van der Waals surface area contributed by atoms with E-state index < -0.39 is 5.97 Å². The van der Waals surface area contributed by atoms with E-state index in [0.717, 1.165) is 30.7 Å². The lowest BCUT2D eigenvalue weighted by molar-refractivity contribution is 0.0699. The first kappa shape index (κ1) is 15.5. The topological polar surface area (TPSA) is 58.4 Å². The Morgan fingerprint density at radius 3 is 2.71 bits per heavy atom. The molecule has 0 saturated heterocycles. The Kier molecular flexibility index (Phi) is 4.63. The number of carboxylic acids is 1. The molecule has 0 aliphatic heterocycles. The fraction of sp³-hybridized carbons (Fsp3) is 0.500. The van der Waals surface area contributed by atoms with Crippen LogP contribution < -0.4 is 0 Å². The summed E-state index contributed by atoms with van der Waals surface area (Å²) in [5, 5.41) is 9.34. The minimum Gasteiger partial charge on any atom is -0.478 e. The summed E-state index contributed by atoms with van der Waals surface area (Å²) < 4.78 is 2.19. The summed E-state index contributed by atoms with van der Waals surface area (Å²) >= 11 is 0. The zero-order chi connectivity index (χ0) is 15.6. The van der Waals surface area contributed by atoms with Crippen LogP contribution in [0.15, 0.2) is 18.2 Å². The first-order chi connectivity index (χ1) is 9.95. The van der Waals surface area contributed by atoms with Crippen molar-refractivity contribution in [3.05, 3.63) is 29.6 Å². The average Bonchev–Trinajstić information content (AvgIpc) is 2.75. The average molecular weight is 289 g/mol. The molecule has 0 saturated carbocycles. The number of benzene rings is 1. The standard InChI is InChI=1S/C16H23N3O2/c1-5-7-14-17-15-12(16(20)21)8-6-9-13(15)19(14)11(2)10-18(3)4/h6,8-9,11H,5,7,10H2,1-4H3,(H,20,21). The zero-order valence-corrected chi connectivity index (χ0v) is 13.1. The molecule has 2 rings (SSSR count). The fourth-order valence-corrected chi connectivity index (χ4v) is 2.84. The lowest BCUT2D eigenvalue weighted by Crippen LogP contribution is -2.23. The Morgan fingerprint density at radius 1 is 1.43 bits per heavy atom. The Hall–Kier alpha value is -1.88. The van der Waals surface area contributed by atoms with Crippen LogP contribution in [-0.4, -0.2) is 46.2 Å². The summed E-state index contributed by atoms with van der Waals surface area (Å²) in [6.07, 6.45) is 1.84. The highest BCUT2D eigenvalue weighted by molar-refractivity contribution is 6.01. The molecule has 1 heterocycles. The van der Waals surface area contributed by atoms with Gasteiger partial charge < -0.3 is 14.6 Å². The molecule has 5 heteroatoms. The molecular weight excluding hydrogens is 266 g/mol. The van der Waals surface area contributed by atoms with Crippen LogP contribution in [0.25, 0.3) is 11.0 Å². The number of para-hydroxylation sites is 1. The van der Waals surface area contributed by atoms with E-state index in [4.69, 9.17) is 0 Å². The van der Waals surface area contributed by atoms with Crippen LogP contribution in [0.1, 0.15) is 42.5 Å². The van der Waals surface area contributed by atoms with E-state index in [1.54, 1.807) is 12.1 Å². The molecule has 2 aromatic rings. The van der Waals surface area contributed by atoms with E-state index in [0.29, 0.717) is 5.52 Å². The van der Waals surface area contributed by atoms with Gasteiger partial charge in [-0.15, -0.1) is 0 Å². The third-order valence-corrected chi connectivity index (χ3v) is 3.57. The van der Waals surface area contributed by atoms with Crippen molar-refractivity contribution in [1.29, 1.82) is 0 Å². The van der Waals surface area contributed by atoms with Gasteiger partial charge in [0.15, 0.2) is 0 Å². The van der Waals surface area contributed by atoms with Crippen LogP contribution in [0.2, 0.25) is 0 Å². The predicted octanol–water partition coefficient (Wildman–Crippen LogP) is 2.81. The van der Waals surface area contributed by atoms with Crippen molar-refractivity contribution in [3.8, 4) is 0 Å². The summed E-state index contributed by atoms with van der Waals surface area (Å²) in [5.74, 6) is 0.0455. The van der Waals surface area contributed by atoms with Gasteiger partial charge in [-0.2, -0.15) is 0 Å². The highest BCUT2D eigenvalue weighted by Crippen LogP contribution is 2.25. The normalized spacial score (nSPS) is 13.0. The molecule has 0 radical (unpaired) electrons. The molecule has 5 nitrogen and oxygen atoms in total. The van der Waals surface area contributed by atoms with E-state index in [-0.39, 0.29) is 11.6 Å². The molecular formula is C16H23N3O2. The molecule has 0 fully saturated rings. The minimum absolute atomic E-state index is 0.246. The minimum atomic E-state index is -0.923. The Labute approximate surface area is 125 Å². The van der Waals surface area contributed by atoms with Crippen molar-refractivity contribution in [2.24, 2.45) is 0 Å². The maximum absolute atomic E-state index is 11.4. The number of fused-ring (bicyclic) bond motifs is 1. The highest BCUT2D eigenvalue weighted by atomic mass is 16.4. The number of rotatable bonds is 6. The third-order valence-electron chi connectivity index (χ3n) is 3.57. The van der Waals surface area contributed by atoms with Crippen LogP contribution >= 0.6 is 0 Å². The number of carboxylic acid groups (broad SMARTS) is 1. The second-order valence-electron chi connectivity index (χ2n) is 5.74. The molecule has 0 spiro atoms. The first-order valence-electron chi connectivity index (χ1n) is 7.33. The molecule has 0 aliphatic rings. The third kappa shape index (κ3) is 3.08. The summed E-state index contributed by atoms with van der Waals surface area (Å²) in [6.45, 7) is 5.14. The summed E-state index contributed by atoms with van der Waals surface area (Å²) in [7, 11) is 4.08. The Balaban J connectivity index is 2.63. The lowest BCUT2D eigenvalue weighted by atomic mass is 10.2. The second kappa shape index (κ2) is 6.26. The van der Waals surface area contributed by atoms with Gasteiger partial charge in [0.05, 0.1) is 11.1 Å². The summed E-state index contributed by atoms with van der Waals surface area (Å²) in [6, 6.07) is 5.62. The summed E-state index contributed by atoms with van der Waals surface area (Å²) in [5.41, 5.74) is 1.78. The zero-order valence-electron chi connectivity index (χ0n) is 13.1. The van der Waals surface area contributed by atoms with Gasteiger partial charge >= 0.3 is 5.97 Å². The molecule has 1 atom stereocenters. The van der Waals surface area contributed by atoms with Gasteiger partial charge in [0.25, 0.3) is 0 Å². The number of hydrogen-bond donors (Lipinski definition) is 1. The van der Waals surface area contributed by atoms with Gasteiger partial charge in [0.1, 0.15) is 11.3 Å². The van der Waals surface area contributed by atoms with E-state index in [9.17, 15) is 9.90 Å². The summed E-state index contributed by atoms with van der Waals surface area (Å²) in [4.78, 5) is 18.1. The first-order valence-corrected chi connectivity index (χ1v) is 7.33. The van der Waals surface area contributed by atoms with E-state index in [1.165, 1.54) is 0 Å². The van der Waals surface area contributed by atoms with Gasteiger partial charge in [0.2, 0.25) is 0 Å². The maximum Gasteiger partial charge on any atom is 0.337 e. The van der Waals surface area contributed by atoms with Crippen LogP contribution in [-0.2, 0) is 6.42 Å². The Bertz CT molecular complexity index is 646. The Morgan fingerprint density at radius 2 is 2.14 bits per heavy atom. The van der Waals surface area contributed by atoms with E-state index >= 15 is 0 Å². The number of aryl methyl sites for hydroxylation is 1. The van der Waals surface area contributed by atoms with Crippen LogP contribution in [0, 0.1) is 0 Å². The quantitative estimate of drug-likeness (QED) is 0.888. The number of hydrogen-bond acceptors (Lipinski definition) is 3. The van der Waals surface area contributed by atoms with Crippen molar-refractivity contribution in [3.63, 3.8) is 0 Å². The van der Waals surface area contributed by atoms with Gasteiger partial charge in [-0.3, -0.25) is 0 Å². The van der Waals surface area contributed by atoms with Crippen molar-refractivity contribution in [2.75, 3.05) is 20.6 Å². The largest absolute Gasteiger partial charge is 0.478 e. The smallest absolute Gasteiger partial charge is 0.337 e. The molecule has 1 N–H and O–H groups in total. The number of aromatic carboxylic acids is 1. The van der Waals surface area contributed by atoms with Gasteiger partial charge in [-0.25, -0.2) is 9.78 Å². The van der Waals surface area contributed by atoms with E-state index in [1.807, 2.05) is 20.2 Å². The number of carbonyl (C=O) groups is 1. The molecule has 0 aliphatic carbocycles. The molecule has 1 aromatic carbocycles. The van der Waals surface area contributed by atoms with Crippen molar-refractivity contribution in [2.45, 2.75) is 32.7 Å². The maximum atomic E-state index is 11.4. The van der Waals surface area contributed by atoms with Crippen LogP contribution in [0.3, 0.4) is 0 Å². The fourth-order valence-electron chi connectivity index (χ4n) is 2.84. The van der Waals surface area contributed by atoms with Gasteiger partial charge in [-0.05, 0) is 39.6 Å². The molecule has 1 unspecified atom stereocenters. The SMILES string of the molecule is CCCc1nc2c(C(=O)O)cccc2n1C(C)CN(C)C. The van der Waals surface area contributed by atoms with Crippen molar-refractivity contribution >= 4 is 17.0 Å². The number of nitrogens with zero attached hydrogens (tertiary/aromatic N) is 3. The molecule has 0 bridgehead atoms. The highest BCUT2D eigenvalue weighted by Gasteiger charge is 2.19. The molecule has 114 valence electrons.